The molecule has 10 heteroatoms. The van der Waals surface area contributed by atoms with Crippen molar-refractivity contribution in [1.29, 1.82) is 0 Å². The number of carbonyl (C=O) groups is 1. The van der Waals surface area contributed by atoms with E-state index >= 15 is 4.39 Å². The van der Waals surface area contributed by atoms with Gasteiger partial charge in [0.15, 0.2) is 16.6 Å². The number of unbranched alkanes of at least 4 members (excludes halogenated alkanes) is 1. The highest BCUT2D eigenvalue weighted by molar-refractivity contribution is 6.74. The topological polar surface area (TPSA) is 105 Å². The Hall–Kier alpha value is -1.41. The van der Waals surface area contributed by atoms with Crippen molar-refractivity contribution in [2.24, 2.45) is 23.2 Å². The smallest absolute Gasteiger partial charge is 0.305 e. The zero-order valence-corrected chi connectivity index (χ0v) is 35.5. The fourth-order valence-corrected chi connectivity index (χ4v) is 9.82. The molecule has 1 fully saturated rings. The van der Waals surface area contributed by atoms with E-state index < -0.39 is 54.0 Å². The zero-order chi connectivity index (χ0) is 38.3. The van der Waals surface area contributed by atoms with Crippen molar-refractivity contribution in [3.05, 3.63) is 47.5 Å². The van der Waals surface area contributed by atoms with Crippen LogP contribution in [0.15, 0.2) is 36.4 Å². The van der Waals surface area contributed by atoms with E-state index in [1.807, 2.05) is 0 Å². The van der Waals surface area contributed by atoms with Gasteiger partial charge in [0.1, 0.15) is 12.8 Å². The van der Waals surface area contributed by atoms with Gasteiger partial charge in [-0.25, -0.2) is 4.39 Å². The number of hydrogen-bond donors (Lipinski definition) is 3. The van der Waals surface area contributed by atoms with Gasteiger partial charge in [-0.2, -0.15) is 0 Å². The van der Waals surface area contributed by atoms with E-state index in [9.17, 15) is 20.1 Å². The second-order valence-electron chi connectivity index (χ2n) is 18.7. The maximum absolute atomic E-state index is 16.3. The molecule has 0 saturated heterocycles. The quantitative estimate of drug-likeness (QED) is 0.0564. The lowest BCUT2D eigenvalue weighted by molar-refractivity contribution is -0.151. The summed E-state index contributed by atoms with van der Waals surface area (Å²) in [6, 6.07) is 8.75. The monoisotopic (exact) mass is 750 g/mol. The summed E-state index contributed by atoms with van der Waals surface area (Å²) < 4.78 is 35.7. The number of fused-ring (bicyclic) bond motifs is 1. The number of aliphatic hydroxyl groups excluding tert-OH is 3. The Kier molecular flexibility index (Phi) is 15.8. The lowest BCUT2D eigenvalue weighted by Gasteiger charge is -2.42. The standard InChI is InChI=1S/C41H71FO7Si2/c1-39(2,3)50(7,8)48-36(32-23-30-17-15-16-18-31(30)24-32)22-21-33-34(37(25-35(33)42)49-51(9,10)40(4,5)6)19-13-11-12-14-20-38(46)47-29-41(26-43,27-44)28-45/h11,13,15-18,32-37,43-45H,12,14,19-29H2,1-10H3/t33-,34-,35+,36-,37+/m1/s1. The Bertz CT molecular complexity index is 1230. The normalized spacial score (nSPS) is 22.9. The molecule has 7 nitrogen and oxygen atoms in total. The van der Waals surface area contributed by atoms with E-state index in [4.69, 9.17) is 13.6 Å². The molecule has 2 aliphatic carbocycles. The van der Waals surface area contributed by atoms with Crippen molar-refractivity contribution in [2.45, 2.75) is 154 Å². The minimum Gasteiger partial charge on any atom is -0.465 e. The minimum absolute atomic E-state index is 0.0245. The Labute approximate surface area is 311 Å². The zero-order valence-electron chi connectivity index (χ0n) is 33.5. The molecule has 0 radical (unpaired) electrons. The molecule has 5 atom stereocenters. The van der Waals surface area contributed by atoms with Crippen molar-refractivity contribution in [3.8, 4) is 0 Å². The highest BCUT2D eigenvalue weighted by atomic mass is 28.4. The number of aliphatic hydroxyl groups is 3. The molecule has 1 saturated carbocycles. The number of ether oxygens (including phenoxy) is 1. The van der Waals surface area contributed by atoms with Crippen LogP contribution in [0.1, 0.15) is 97.6 Å². The van der Waals surface area contributed by atoms with Crippen LogP contribution in [0.5, 0.6) is 0 Å². The molecule has 3 rings (SSSR count). The number of hydrogen-bond acceptors (Lipinski definition) is 7. The molecule has 51 heavy (non-hydrogen) atoms. The van der Waals surface area contributed by atoms with Crippen LogP contribution in [-0.4, -0.2) is 82.7 Å². The van der Waals surface area contributed by atoms with E-state index in [0.717, 1.165) is 32.1 Å². The highest BCUT2D eigenvalue weighted by Crippen LogP contribution is 2.47. The third-order valence-corrected chi connectivity index (χ3v) is 21.7. The molecule has 0 bridgehead atoms. The van der Waals surface area contributed by atoms with E-state index in [2.05, 4.69) is 104 Å². The summed E-state index contributed by atoms with van der Waals surface area (Å²) in [6.45, 7) is 21.1. The highest BCUT2D eigenvalue weighted by Gasteiger charge is 2.49. The number of rotatable bonds is 19. The van der Waals surface area contributed by atoms with Crippen LogP contribution in [-0.2, 0) is 31.2 Å². The van der Waals surface area contributed by atoms with Crippen molar-refractivity contribution in [2.75, 3.05) is 26.4 Å². The van der Waals surface area contributed by atoms with Crippen LogP contribution >= 0.6 is 0 Å². The van der Waals surface area contributed by atoms with Gasteiger partial charge in [-0.1, -0.05) is 78.0 Å². The lowest BCUT2D eigenvalue weighted by atomic mass is 9.84. The predicted octanol–water partition coefficient (Wildman–Crippen LogP) is 8.56. The van der Waals surface area contributed by atoms with E-state index in [0.29, 0.717) is 25.2 Å². The minimum atomic E-state index is -2.14. The molecule has 1 aromatic rings. The van der Waals surface area contributed by atoms with E-state index in [1.165, 1.54) is 11.1 Å². The van der Waals surface area contributed by atoms with Gasteiger partial charge in [0.05, 0.1) is 31.3 Å². The van der Waals surface area contributed by atoms with Crippen molar-refractivity contribution in [3.63, 3.8) is 0 Å². The molecule has 292 valence electrons. The fourth-order valence-electron chi connectivity index (χ4n) is 7.01. The van der Waals surface area contributed by atoms with Gasteiger partial charge in [-0.3, -0.25) is 4.79 Å². The van der Waals surface area contributed by atoms with Crippen molar-refractivity contribution < 1.29 is 38.1 Å². The molecule has 2 aliphatic rings. The first kappa shape index (κ1) is 44.0. The van der Waals surface area contributed by atoms with Crippen LogP contribution in [0.25, 0.3) is 0 Å². The Morgan fingerprint density at radius 3 is 2.00 bits per heavy atom. The summed E-state index contributed by atoms with van der Waals surface area (Å²) in [7, 11) is -4.21. The molecular weight excluding hydrogens is 680 g/mol. The summed E-state index contributed by atoms with van der Waals surface area (Å²) in [5.74, 6) is -0.0821. The first-order chi connectivity index (χ1) is 23.7. The van der Waals surface area contributed by atoms with Gasteiger partial charge in [0.25, 0.3) is 0 Å². The molecule has 0 aliphatic heterocycles. The van der Waals surface area contributed by atoms with Crippen molar-refractivity contribution in [1.82, 2.24) is 0 Å². The summed E-state index contributed by atoms with van der Waals surface area (Å²) >= 11 is 0. The Balaban J connectivity index is 1.72. The summed E-state index contributed by atoms with van der Waals surface area (Å²) in [4.78, 5) is 12.3. The van der Waals surface area contributed by atoms with E-state index in [1.54, 1.807) is 0 Å². The SMILES string of the molecule is CC(C)(C)[Si](C)(C)O[C@H]1C[C@H](F)[C@H](CC[C@@H](O[Si](C)(C)C(C)(C)C)C2Cc3ccccc3C2)[C@H]1CC=CCCCC(=O)OCC(CO)(CO)CO. The molecule has 0 amide bonds. The maximum Gasteiger partial charge on any atom is 0.305 e. The third kappa shape index (κ3) is 11.8. The number of benzene rings is 1. The van der Waals surface area contributed by atoms with Gasteiger partial charge in [-0.05, 0) is 110 Å². The first-order valence-corrected chi connectivity index (χ1v) is 25.2. The molecular formula is C41H71FO7Si2. The average molecular weight is 751 g/mol. The first-order valence-electron chi connectivity index (χ1n) is 19.4. The Morgan fingerprint density at radius 2 is 1.47 bits per heavy atom. The van der Waals surface area contributed by atoms with Crippen molar-refractivity contribution >= 4 is 22.6 Å². The van der Waals surface area contributed by atoms with Gasteiger partial charge in [-0.15, -0.1) is 0 Å². The van der Waals surface area contributed by atoms with Gasteiger partial charge >= 0.3 is 5.97 Å². The number of carbonyl (C=O) groups excluding carboxylic acids is 1. The third-order valence-electron chi connectivity index (χ3n) is 12.7. The summed E-state index contributed by atoms with van der Waals surface area (Å²) in [5.41, 5.74) is 1.61. The largest absolute Gasteiger partial charge is 0.465 e. The molecule has 1 aromatic carbocycles. The average Bonchev–Trinajstić information content (AvgIpc) is 3.60. The number of halogens is 1. The van der Waals surface area contributed by atoms with E-state index in [-0.39, 0.29) is 47.1 Å². The lowest BCUT2D eigenvalue weighted by Crippen LogP contribution is -2.46. The van der Waals surface area contributed by atoms with Crippen LogP contribution < -0.4 is 0 Å². The fraction of sp³-hybridized carbons (Fsp3) is 0.780. The second kappa shape index (κ2) is 18.3. The van der Waals surface area contributed by atoms with Crippen LogP contribution in [0.2, 0.25) is 36.3 Å². The van der Waals surface area contributed by atoms with Crippen LogP contribution in [0.3, 0.4) is 0 Å². The maximum atomic E-state index is 16.3. The second-order valence-corrected chi connectivity index (χ2v) is 28.2. The predicted molar refractivity (Wildman–Crippen MR) is 209 cm³/mol. The molecule has 3 N–H and O–H groups in total. The van der Waals surface area contributed by atoms with Gasteiger partial charge in [0, 0.05) is 18.9 Å². The molecule has 0 unspecified atom stereocenters. The number of allylic oxidation sites excluding steroid dienone is 2. The van der Waals surface area contributed by atoms with Crippen LogP contribution in [0.4, 0.5) is 4.39 Å². The number of alkyl halides is 1. The van der Waals surface area contributed by atoms with Crippen LogP contribution in [0, 0.1) is 23.2 Å². The van der Waals surface area contributed by atoms with Gasteiger partial charge in [0.2, 0.25) is 0 Å². The molecule has 0 spiro atoms. The number of esters is 1. The molecule has 0 aromatic heterocycles. The summed E-state index contributed by atoms with van der Waals surface area (Å²) in [6.07, 6.45) is 9.51. The Morgan fingerprint density at radius 1 is 0.902 bits per heavy atom. The summed E-state index contributed by atoms with van der Waals surface area (Å²) in [5, 5.41) is 28.5. The van der Waals surface area contributed by atoms with Gasteiger partial charge < -0.3 is 28.9 Å². The molecule has 0 heterocycles.